The molecule has 6 heteroatoms. The van der Waals surface area contributed by atoms with Crippen LogP contribution in [0.15, 0.2) is 4.47 Å². The molecule has 0 unspecified atom stereocenters. The lowest BCUT2D eigenvalue weighted by Gasteiger charge is -2.34. The van der Waals surface area contributed by atoms with Gasteiger partial charge in [-0.15, -0.1) is 0 Å². The van der Waals surface area contributed by atoms with Crippen molar-refractivity contribution in [2.45, 2.75) is 38.2 Å². The second-order valence-electron chi connectivity index (χ2n) is 5.00. The third kappa shape index (κ3) is 2.94. The quantitative estimate of drug-likeness (QED) is 0.781. The molecule has 0 saturated carbocycles. The third-order valence-corrected chi connectivity index (χ3v) is 4.77. The molecular weight excluding hydrogens is 332 g/mol. The normalized spacial score (nSPS) is 18.8. The number of nitrogens with zero attached hydrogens (tertiary/aromatic N) is 2. The Hall–Kier alpha value is -0.230. The Morgan fingerprint density at radius 1 is 1.32 bits per heavy atom. The molecule has 0 bridgehead atoms. The van der Waals surface area contributed by atoms with E-state index in [4.69, 9.17) is 21.1 Å². The molecule has 4 nitrogen and oxygen atoms in total. The van der Waals surface area contributed by atoms with Crippen LogP contribution in [0, 0.1) is 0 Å². The van der Waals surface area contributed by atoms with Crippen LogP contribution in [-0.4, -0.2) is 30.3 Å². The van der Waals surface area contributed by atoms with E-state index in [-0.39, 0.29) is 5.92 Å². The van der Waals surface area contributed by atoms with E-state index in [1.807, 2.05) is 0 Å². The average Bonchev–Trinajstić information content (AvgIpc) is 2.42. The lowest BCUT2D eigenvalue weighted by Crippen LogP contribution is -2.37. The van der Waals surface area contributed by atoms with Crippen LogP contribution in [0.1, 0.15) is 44.1 Å². The number of hydrogen-bond acceptors (Lipinski definition) is 4. The van der Waals surface area contributed by atoms with Gasteiger partial charge in [0.05, 0.1) is 10.2 Å². The van der Waals surface area contributed by atoms with Crippen LogP contribution >= 0.6 is 27.5 Å². The maximum atomic E-state index is 6.22. The molecule has 0 radical (unpaired) electrons. The minimum absolute atomic E-state index is 0.266. The van der Waals surface area contributed by atoms with Gasteiger partial charge in [-0.3, -0.25) is 0 Å². The summed E-state index contributed by atoms with van der Waals surface area (Å²) < 4.78 is 11.9. The third-order valence-electron chi connectivity index (χ3n) is 3.48. The van der Waals surface area contributed by atoms with Gasteiger partial charge in [-0.05, 0) is 21.8 Å². The number of rotatable bonds is 3. The van der Waals surface area contributed by atoms with E-state index in [9.17, 15) is 0 Å². The number of hydrogen-bond donors (Lipinski definition) is 0. The predicted octanol–water partition coefficient (Wildman–Crippen LogP) is 3.67. The molecule has 19 heavy (non-hydrogen) atoms. The molecule has 2 heterocycles. The van der Waals surface area contributed by atoms with Gasteiger partial charge in [0.25, 0.3) is 0 Å². The topological polar surface area (TPSA) is 44.2 Å². The van der Waals surface area contributed by atoms with Gasteiger partial charge in [0.15, 0.2) is 5.82 Å². The molecule has 1 fully saturated rings. The first kappa shape index (κ1) is 15.2. The fourth-order valence-corrected chi connectivity index (χ4v) is 3.05. The molecule has 1 aromatic rings. The Labute approximate surface area is 127 Å². The van der Waals surface area contributed by atoms with Crippen molar-refractivity contribution >= 4 is 27.5 Å². The summed E-state index contributed by atoms with van der Waals surface area (Å²) >= 11 is 9.67. The second-order valence-corrected chi connectivity index (χ2v) is 6.15. The van der Waals surface area contributed by atoms with Crippen LogP contribution in [-0.2, 0) is 15.1 Å². The van der Waals surface area contributed by atoms with Crippen molar-refractivity contribution in [3.05, 3.63) is 21.1 Å². The Morgan fingerprint density at radius 3 is 2.47 bits per heavy atom. The highest BCUT2D eigenvalue weighted by Crippen LogP contribution is 2.37. The second kappa shape index (κ2) is 6.04. The number of halogens is 2. The number of ether oxygens (including phenoxy) is 2. The van der Waals surface area contributed by atoms with Crippen molar-refractivity contribution in [1.82, 2.24) is 9.97 Å². The van der Waals surface area contributed by atoms with Gasteiger partial charge in [0, 0.05) is 33.2 Å². The van der Waals surface area contributed by atoms with Crippen LogP contribution in [0.5, 0.6) is 0 Å². The van der Waals surface area contributed by atoms with Crippen molar-refractivity contribution in [3.63, 3.8) is 0 Å². The number of aromatic nitrogens is 2. The highest BCUT2D eigenvalue weighted by molar-refractivity contribution is 9.10. The smallest absolute Gasteiger partial charge is 0.162 e. The molecule has 2 rings (SSSR count). The lowest BCUT2D eigenvalue weighted by molar-refractivity contribution is -0.100. The molecule has 0 aromatic carbocycles. The van der Waals surface area contributed by atoms with E-state index in [1.165, 1.54) is 0 Å². The molecule has 106 valence electrons. The molecule has 1 aliphatic rings. The highest BCUT2D eigenvalue weighted by Gasteiger charge is 2.38. The fourth-order valence-electron chi connectivity index (χ4n) is 2.24. The van der Waals surface area contributed by atoms with Crippen LogP contribution in [0.4, 0.5) is 0 Å². The van der Waals surface area contributed by atoms with Gasteiger partial charge in [0.1, 0.15) is 10.8 Å². The van der Waals surface area contributed by atoms with E-state index in [2.05, 4.69) is 39.7 Å². The summed E-state index contributed by atoms with van der Waals surface area (Å²) in [5, 5.41) is 0.441. The summed E-state index contributed by atoms with van der Waals surface area (Å²) in [7, 11) is 1.69. The molecule has 0 aliphatic carbocycles. The number of methoxy groups -OCH3 is 1. The Kier molecular flexibility index (Phi) is 4.82. The lowest BCUT2D eigenvalue weighted by atomic mass is 9.92. The average molecular weight is 350 g/mol. The Bertz CT molecular complexity index is 462. The van der Waals surface area contributed by atoms with Gasteiger partial charge in [-0.25, -0.2) is 9.97 Å². The van der Waals surface area contributed by atoms with Crippen LogP contribution < -0.4 is 0 Å². The fraction of sp³-hybridized carbons (Fsp3) is 0.692. The minimum Gasteiger partial charge on any atom is -0.381 e. The first-order valence-corrected chi connectivity index (χ1v) is 7.53. The van der Waals surface area contributed by atoms with Gasteiger partial charge >= 0.3 is 0 Å². The summed E-state index contributed by atoms with van der Waals surface area (Å²) in [6.07, 6.45) is 1.50. The van der Waals surface area contributed by atoms with Crippen molar-refractivity contribution in [2.75, 3.05) is 20.3 Å². The van der Waals surface area contributed by atoms with E-state index < -0.39 is 5.60 Å². The summed E-state index contributed by atoms with van der Waals surface area (Å²) in [4.78, 5) is 9.09. The summed E-state index contributed by atoms with van der Waals surface area (Å²) in [5.74, 6) is 0.928. The van der Waals surface area contributed by atoms with Crippen molar-refractivity contribution in [1.29, 1.82) is 0 Å². The Morgan fingerprint density at radius 2 is 1.95 bits per heavy atom. The van der Waals surface area contributed by atoms with Crippen LogP contribution in [0.25, 0.3) is 0 Å². The van der Waals surface area contributed by atoms with Gasteiger partial charge in [-0.2, -0.15) is 0 Å². The minimum atomic E-state index is -0.480. The molecular formula is C13H18BrClN2O2. The maximum absolute atomic E-state index is 6.22. The molecule has 0 spiro atoms. The molecule has 1 aliphatic heterocycles. The van der Waals surface area contributed by atoms with Gasteiger partial charge in [0.2, 0.25) is 0 Å². The van der Waals surface area contributed by atoms with Gasteiger partial charge in [-0.1, -0.05) is 25.4 Å². The van der Waals surface area contributed by atoms with Crippen molar-refractivity contribution in [3.8, 4) is 0 Å². The molecule has 0 amide bonds. The molecule has 1 aromatic heterocycles. The van der Waals surface area contributed by atoms with Gasteiger partial charge < -0.3 is 9.47 Å². The SMILES string of the molecule is COC1(c2nc(Cl)c(Br)c(C(C)C)n2)CCOCC1. The molecule has 1 saturated heterocycles. The largest absolute Gasteiger partial charge is 0.381 e. The maximum Gasteiger partial charge on any atom is 0.162 e. The molecule has 0 atom stereocenters. The van der Waals surface area contributed by atoms with Crippen molar-refractivity contribution < 1.29 is 9.47 Å². The van der Waals surface area contributed by atoms with Crippen LogP contribution in [0.2, 0.25) is 5.15 Å². The summed E-state index contributed by atoms with van der Waals surface area (Å²) in [6, 6.07) is 0. The standard InChI is InChI=1S/C13H18BrClN2O2/c1-8(2)10-9(14)11(15)17-12(16-10)13(18-3)4-6-19-7-5-13/h8H,4-7H2,1-3H3. The molecule has 0 N–H and O–H groups in total. The van der Waals surface area contributed by atoms with E-state index >= 15 is 0 Å². The first-order chi connectivity index (χ1) is 9.00. The highest BCUT2D eigenvalue weighted by atomic mass is 79.9. The van der Waals surface area contributed by atoms with Crippen molar-refractivity contribution in [2.24, 2.45) is 0 Å². The summed E-state index contributed by atoms with van der Waals surface area (Å²) in [5.41, 5.74) is 0.435. The first-order valence-electron chi connectivity index (χ1n) is 6.36. The van der Waals surface area contributed by atoms with E-state index in [0.29, 0.717) is 24.2 Å². The Balaban J connectivity index is 2.49. The zero-order chi connectivity index (χ0) is 14.0. The van der Waals surface area contributed by atoms with E-state index in [0.717, 1.165) is 23.0 Å². The predicted molar refractivity (Wildman–Crippen MR) is 77.6 cm³/mol. The monoisotopic (exact) mass is 348 g/mol. The zero-order valence-electron chi connectivity index (χ0n) is 11.4. The zero-order valence-corrected chi connectivity index (χ0v) is 13.7. The summed E-state index contributed by atoms with van der Waals surface area (Å²) in [6.45, 7) is 5.47. The van der Waals surface area contributed by atoms with E-state index in [1.54, 1.807) is 7.11 Å². The van der Waals surface area contributed by atoms with Crippen LogP contribution in [0.3, 0.4) is 0 Å².